The van der Waals surface area contributed by atoms with E-state index in [1.165, 1.54) is 14.2 Å². The number of carbonyl (C=O) groups is 1. The van der Waals surface area contributed by atoms with E-state index in [9.17, 15) is 9.59 Å². The third-order valence-corrected chi connectivity index (χ3v) is 5.15. The molecular formula is C20H20BrN3O4. The van der Waals surface area contributed by atoms with Gasteiger partial charge in [0.15, 0.2) is 0 Å². The zero-order chi connectivity index (χ0) is 20.3. The molecule has 0 spiro atoms. The van der Waals surface area contributed by atoms with Gasteiger partial charge < -0.3 is 19.4 Å². The molecule has 7 nitrogen and oxygen atoms in total. The van der Waals surface area contributed by atoms with E-state index in [1.54, 1.807) is 35.2 Å². The number of halogens is 1. The molecule has 0 radical (unpaired) electrons. The summed E-state index contributed by atoms with van der Waals surface area (Å²) in [5, 5.41) is 0.517. The van der Waals surface area contributed by atoms with Gasteiger partial charge in [-0.05, 0) is 47.1 Å². The van der Waals surface area contributed by atoms with Gasteiger partial charge in [-0.15, -0.1) is 0 Å². The zero-order valence-corrected chi connectivity index (χ0v) is 17.4. The molecule has 0 saturated carbocycles. The number of H-pyrrole nitrogens is 1. The maximum absolute atomic E-state index is 13.1. The predicted octanol–water partition coefficient (Wildman–Crippen LogP) is 3.37. The summed E-state index contributed by atoms with van der Waals surface area (Å²) in [5.74, 6) is 1.20. The van der Waals surface area contributed by atoms with Crippen LogP contribution < -0.4 is 15.0 Å². The Hall–Kier alpha value is -2.87. The lowest BCUT2D eigenvalue weighted by molar-refractivity contribution is 0.0747. The molecule has 0 saturated heterocycles. The number of aromatic amines is 1. The van der Waals surface area contributed by atoms with Gasteiger partial charge in [0.05, 0.1) is 31.7 Å². The van der Waals surface area contributed by atoms with Crippen molar-refractivity contribution in [3.63, 3.8) is 0 Å². The van der Waals surface area contributed by atoms with Gasteiger partial charge in [-0.25, -0.2) is 4.98 Å². The summed E-state index contributed by atoms with van der Waals surface area (Å²) in [6.45, 7) is 2.48. The molecule has 1 aromatic heterocycles. The van der Waals surface area contributed by atoms with E-state index in [1.807, 2.05) is 13.0 Å². The van der Waals surface area contributed by atoms with Gasteiger partial charge in [-0.1, -0.05) is 12.1 Å². The Morgan fingerprint density at radius 2 is 1.82 bits per heavy atom. The fourth-order valence-corrected chi connectivity index (χ4v) is 3.45. The number of para-hydroxylation sites is 1. The van der Waals surface area contributed by atoms with Crippen LogP contribution in [0.2, 0.25) is 0 Å². The lowest BCUT2D eigenvalue weighted by Gasteiger charge is -2.21. The fraction of sp³-hybridized carbons (Fsp3) is 0.250. The van der Waals surface area contributed by atoms with Gasteiger partial charge in [0, 0.05) is 12.1 Å². The molecule has 1 amide bonds. The molecule has 28 heavy (non-hydrogen) atoms. The highest BCUT2D eigenvalue weighted by Gasteiger charge is 2.20. The molecule has 0 atom stereocenters. The minimum absolute atomic E-state index is 0.177. The summed E-state index contributed by atoms with van der Waals surface area (Å²) in [6.07, 6.45) is 0. The Bertz CT molecular complexity index is 1060. The maximum atomic E-state index is 13.1. The SMILES string of the molecule is CCN(Cc1nc2ccccc2c(=O)[nH]1)C(=O)c1cc(OC)c(Br)c(OC)c1. The van der Waals surface area contributed by atoms with Gasteiger partial charge in [0.25, 0.3) is 11.5 Å². The van der Waals surface area contributed by atoms with Crippen LogP contribution in [-0.4, -0.2) is 41.5 Å². The molecule has 3 rings (SSSR count). The topological polar surface area (TPSA) is 84.5 Å². The van der Waals surface area contributed by atoms with Crippen molar-refractivity contribution in [1.29, 1.82) is 0 Å². The minimum Gasteiger partial charge on any atom is -0.495 e. The minimum atomic E-state index is -0.226. The van der Waals surface area contributed by atoms with E-state index in [2.05, 4.69) is 25.9 Å². The van der Waals surface area contributed by atoms with Crippen LogP contribution in [0.1, 0.15) is 23.1 Å². The van der Waals surface area contributed by atoms with Crippen molar-refractivity contribution in [2.24, 2.45) is 0 Å². The monoisotopic (exact) mass is 445 g/mol. The summed E-state index contributed by atoms with van der Waals surface area (Å²) in [7, 11) is 3.05. The number of nitrogens with one attached hydrogen (secondary N) is 1. The molecule has 1 heterocycles. The highest BCUT2D eigenvalue weighted by atomic mass is 79.9. The molecule has 1 N–H and O–H groups in total. The molecule has 3 aromatic rings. The molecule has 0 aliphatic heterocycles. The molecule has 0 aliphatic carbocycles. The van der Waals surface area contributed by atoms with Gasteiger partial charge in [0.2, 0.25) is 0 Å². The van der Waals surface area contributed by atoms with Crippen LogP contribution in [0.3, 0.4) is 0 Å². The van der Waals surface area contributed by atoms with Gasteiger partial charge >= 0.3 is 0 Å². The van der Waals surface area contributed by atoms with Gasteiger partial charge in [0.1, 0.15) is 21.8 Å². The maximum Gasteiger partial charge on any atom is 0.258 e. The summed E-state index contributed by atoms with van der Waals surface area (Å²) >= 11 is 3.40. The molecule has 8 heteroatoms. The summed E-state index contributed by atoms with van der Waals surface area (Å²) < 4.78 is 11.3. The number of carbonyl (C=O) groups excluding carboxylic acids is 1. The second-order valence-electron chi connectivity index (χ2n) is 6.04. The third-order valence-electron chi connectivity index (χ3n) is 4.36. The Morgan fingerprint density at radius 3 is 2.43 bits per heavy atom. The van der Waals surface area contributed by atoms with Gasteiger partial charge in [-0.2, -0.15) is 0 Å². The number of aromatic nitrogens is 2. The Balaban J connectivity index is 1.94. The quantitative estimate of drug-likeness (QED) is 0.628. The van der Waals surface area contributed by atoms with Crippen molar-refractivity contribution in [3.05, 3.63) is 62.6 Å². The van der Waals surface area contributed by atoms with Crippen molar-refractivity contribution >= 4 is 32.7 Å². The number of ether oxygens (including phenoxy) is 2. The normalized spacial score (nSPS) is 10.7. The number of hydrogen-bond donors (Lipinski definition) is 1. The largest absolute Gasteiger partial charge is 0.495 e. The number of rotatable bonds is 6. The van der Waals surface area contributed by atoms with Gasteiger partial charge in [-0.3, -0.25) is 9.59 Å². The van der Waals surface area contributed by atoms with Crippen molar-refractivity contribution in [1.82, 2.24) is 14.9 Å². The second-order valence-corrected chi connectivity index (χ2v) is 6.84. The molecule has 2 aromatic carbocycles. The van der Waals surface area contributed by atoms with E-state index in [4.69, 9.17) is 9.47 Å². The van der Waals surface area contributed by atoms with Crippen molar-refractivity contribution < 1.29 is 14.3 Å². The number of fused-ring (bicyclic) bond motifs is 1. The first-order valence-electron chi connectivity index (χ1n) is 8.67. The smallest absolute Gasteiger partial charge is 0.258 e. The van der Waals surface area contributed by atoms with Crippen molar-refractivity contribution in [3.8, 4) is 11.5 Å². The van der Waals surface area contributed by atoms with E-state index < -0.39 is 0 Å². The Morgan fingerprint density at radius 1 is 1.18 bits per heavy atom. The fourth-order valence-electron chi connectivity index (χ4n) is 2.89. The summed E-state index contributed by atoms with van der Waals surface area (Å²) in [6, 6.07) is 10.4. The van der Waals surface area contributed by atoms with Crippen LogP contribution in [-0.2, 0) is 6.54 Å². The lowest BCUT2D eigenvalue weighted by atomic mass is 10.1. The van der Waals surface area contributed by atoms with Crippen LogP contribution >= 0.6 is 15.9 Å². The molecule has 0 fully saturated rings. The summed E-state index contributed by atoms with van der Waals surface area (Å²) in [4.78, 5) is 34.2. The van der Waals surface area contributed by atoms with Crippen LogP contribution in [0, 0.1) is 0 Å². The van der Waals surface area contributed by atoms with E-state index in [-0.39, 0.29) is 18.0 Å². The van der Waals surface area contributed by atoms with Crippen LogP contribution in [0.5, 0.6) is 11.5 Å². The Labute approximate surface area is 170 Å². The predicted molar refractivity (Wildman–Crippen MR) is 110 cm³/mol. The Kier molecular flexibility index (Phi) is 5.99. The van der Waals surface area contributed by atoms with Crippen molar-refractivity contribution in [2.75, 3.05) is 20.8 Å². The van der Waals surface area contributed by atoms with E-state index >= 15 is 0 Å². The lowest BCUT2D eigenvalue weighted by Crippen LogP contribution is -2.32. The standard InChI is InChI=1S/C20H20BrN3O4/c1-4-24(11-17-22-14-8-6-5-7-13(14)19(25)23-17)20(26)12-9-15(27-2)18(21)16(10-12)28-3/h5-10H,4,11H2,1-3H3,(H,22,23,25). The number of amides is 1. The number of hydrogen-bond acceptors (Lipinski definition) is 5. The highest BCUT2D eigenvalue weighted by Crippen LogP contribution is 2.36. The molecule has 0 aliphatic rings. The summed E-state index contributed by atoms with van der Waals surface area (Å²) in [5.41, 5.74) is 0.787. The average Bonchev–Trinajstić information content (AvgIpc) is 2.71. The zero-order valence-electron chi connectivity index (χ0n) is 15.8. The third kappa shape index (κ3) is 3.87. The van der Waals surface area contributed by atoms with Crippen LogP contribution in [0.15, 0.2) is 45.7 Å². The first-order valence-corrected chi connectivity index (χ1v) is 9.46. The number of nitrogens with zero attached hydrogens (tertiary/aromatic N) is 2. The van der Waals surface area contributed by atoms with Crippen molar-refractivity contribution in [2.45, 2.75) is 13.5 Å². The van der Waals surface area contributed by atoms with Crippen LogP contribution in [0.25, 0.3) is 10.9 Å². The molecule has 0 bridgehead atoms. The highest BCUT2D eigenvalue weighted by molar-refractivity contribution is 9.10. The van der Waals surface area contributed by atoms with E-state index in [0.717, 1.165) is 0 Å². The first-order chi connectivity index (χ1) is 13.5. The van der Waals surface area contributed by atoms with E-state index in [0.29, 0.717) is 44.8 Å². The molecular weight excluding hydrogens is 426 g/mol. The number of benzene rings is 2. The number of methoxy groups -OCH3 is 2. The second kappa shape index (κ2) is 8.43. The average molecular weight is 446 g/mol. The molecule has 0 unspecified atom stereocenters. The first kappa shape index (κ1) is 19.9. The van der Waals surface area contributed by atoms with Crippen LogP contribution in [0.4, 0.5) is 0 Å². The molecule has 146 valence electrons.